The second-order valence-corrected chi connectivity index (χ2v) is 6.66. The number of anilines is 1. The van der Waals surface area contributed by atoms with Crippen molar-refractivity contribution in [3.05, 3.63) is 83.6 Å². The van der Waals surface area contributed by atoms with E-state index in [2.05, 4.69) is 22.5 Å². The molecule has 3 aromatic rings. The number of nitrogens with zero attached hydrogens (tertiary/aromatic N) is 2. The number of hydrogen-bond donors (Lipinski definition) is 1. The second kappa shape index (κ2) is 6.76. The van der Waals surface area contributed by atoms with Crippen LogP contribution in [0.5, 0.6) is 0 Å². The number of aryl methyl sites for hydroxylation is 1. The summed E-state index contributed by atoms with van der Waals surface area (Å²) in [5, 5.41) is 3.28. The molecule has 1 aliphatic rings. The highest BCUT2D eigenvalue weighted by Crippen LogP contribution is 2.39. The van der Waals surface area contributed by atoms with Gasteiger partial charge in [-0.15, -0.1) is 0 Å². The molecule has 0 spiro atoms. The number of allylic oxidation sites excluding steroid dienone is 1. The van der Waals surface area contributed by atoms with Crippen molar-refractivity contribution in [3.8, 4) is 0 Å². The minimum Gasteiger partial charge on any atom is -0.458 e. The van der Waals surface area contributed by atoms with Crippen LogP contribution in [-0.2, 0) is 9.53 Å². The first kappa shape index (κ1) is 17.1. The predicted octanol–water partition coefficient (Wildman–Crippen LogP) is 4.36. The van der Waals surface area contributed by atoms with Crippen molar-refractivity contribution in [1.29, 1.82) is 0 Å². The van der Waals surface area contributed by atoms with Gasteiger partial charge in [0.15, 0.2) is 0 Å². The quantitative estimate of drug-likeness (QED) is 0.555. The van der Waals surface area contributed by atoms with Gasteiger partial charge in [-0.25, -0.2) is 9.78 Å². The van der Waals surface area contributed by atoms with E-state index in [1.807, 2.05) is 56.3 Å². The van der Waals surface area contributed by atoms with Crippen LogP contribution >= 0.6 is 0 Å². The zero-order valence-electron chi connectivity index (χ0n) is 15.4. The van der Waals surface area contributed by atoms with E-state index < -0.39 is 0 Å². The van der Waals surface area contributed by atoms with Gasteiger partial charge in [0.1, 0.15) is 6.61 Å². The highest BCUT2D eigenvalue weighted by molar-refractivity contribution is 5.94. The minimum absolute atomic E-state index is 0.174. The van der Waals surface area contributed by atoms with E-state index in [9.17, 15) is 4.79 Å². The Morgan fingerprint density at radius 2 is 2.07 bits per heavy atom. The highest BCUT2D eigenvalue weighted by atomic mass is 16.5. The zero-order valence-corrected chi connectivity index (χ0v) is 15.4. The summed E-state index contributed by atoms with van der Waals surface area (Å²) in [6, 6.07) is 15.8. The number of esters is 1. The molecule has 0 unspecified atom stereocenters. The van der Waals surface area contributed by atoms with E-state index in [1.54, 1.807) is 6.08 Å². The smallest absolute Gasteiger partial charge is 0.338 e. The van der Waals surface area contributed by atoms with E-state index in [4.69, 9.17) is 9.72 Å². The van der Waals surface area contributed by atoms with E-state index in [0.29, 0.717) is 5.57 Å². The predicted molar refractivity (Wildman–Crippen MR) is 107 cm³/mol. The molecule has 0 amide bonds. The van der Waals surface area contributed by atoms with Gasteiger partial charge in [-0.3, -0.25) is 4.57 Å². The van der Waals surface area contributed by atoms with Crippen molar-refractivity contribution in [2.75, 3.05) is 11.9 Å². The fraction of sp³-hybridized carbons (Fsp3) is 0.182. The fourth-order valence-electron chi connectivity index (χ4n) is 3.60. The molecule has 0 radical (unpaired) electrons. The number of benzene rings is 2. The van der Waals surface area contributed by atoms with Gasteiger partial charge in [0, 0.05) is 5.70 Å². The van der Waals surface area contributed by atoms with Crippen LogP contribution in [0.4, 0.5) is 5.95 Å². The molecule has 1 atom stereocenters. The van der Waals surface area contributed by atoms with Gasteiger partial charge in [-0.2, -0.15) is 0 Å². The van der Waals surface area contributed by atoms with Crippen molar-refractivity contribution < 1.29 is 9.53 Å². The number of carbonyl (C=O) groups excluding carboxylic acids is 1. The maximum absolute atomic E-state index is 12.9. The molecule has 0 saturated heterocycles. The molecule has 2 aromatic carbocycles. The number of ether oxygens (including phenoxy) is 1. The number of para-hydroxylation sites is 2. The Hall–Kier alpha value is -3.34. The van der Waals surface area contributed by atoms with Crippen molar-refractivity contribution in [2.45, 2.75) is 19.9 Å². The number of imidazole rings is 1. The average molecular weight is 359 g/mol. The Bertz CT molecular complexity index is 1080. The van der Waals surface area contributed by atoms with Gasteiger partial charge in [-0.1, -0.05) is 54.6 Å². The summed E-state index contributed by atoms with van der Waals surface area (Å²) in [6.45, 7) is 7.73. The minimum atomic E-state index is -0.352. The molecular formula is C22H21N3O2. The summed E-state index contributed by atoms with van der Waals surface area (Å²) in [6.07, 6.45) is 1.57. The molecule has 4 rings (SSSR count). The molecule has 1 aliphatic heterocycles. The maximum Gasteiger partial charge on any atom is 0.338 e. The topological polar surface area (TPSA) is 56.1 Å². The first-order chi connectivity index (χ1) is 13.1. The van der Waals surface area contributed by atoms with E-state index in [1.165, 1.54) is 0 Å². The number of fused-ring (bicyclic) bond motifs is 3. The summed E-state index contributed by atoms with van der Waals surface area (Å²) in [5.74, 6) is 0.371. The summed E-state index contributed by atoms with van der Waals surface area (Å²) in [4.78, 5) is 17.6. The lowest BCUT2D eigenvalue weighted by Gasteiger charge is -2.30. The summed E-state index contributed by atoms with van der Waals surface area (Å²) < 4.78 is 7.47. The van der Waals surface area contributed by atoms with Crippen LogP contribution in [0.1, 0.15) is 24.1 Å². The Morgan fingerprint density at radius 1 is 1.26 bits per heavy atom. The van der Waals surface area contributed by atoms with Gasteiger partial charge in [-0.05, 0) is 31.5 Å². The number of hydrogen-bond acceptors (Lipinski definition) is 4. The van der Waals surface area contributed by atoms with Crippen LogP contribution in [0.15, 0.2) is 72.5 Å². The summed E-state index contributed by atoms with van der Waals surface area (Å²) in [7, 11) is 0. The molecule has 1 aromatic heterocycles. The molecule has 0 saturated carbocycles. The summed E-state index contributed by atoms with van der Waals surface area (Å²) >= 11 is 0. The van der Waals surface area contributed by atoms with Gasteiger partial charge in [0.25, 0.3) is 0 Å². The lowest BCUT2D eigenvalue weighted by molar-refractivity contribution is -0.138. The zero-order chi connectivity index (χ0) is 19.0. The third kappa shape index (κ3) is 2.91. The molecule has 1 N–H and O–H groups in total. The second-order valence-electron chi connectivity index (χ2n) is 6.66. The molecule has 136 valence electrons. The van der Waals surface area contributed by atoms with Crippen molar-refractivity contribution >= 4 is 23.0 Å². The first-order valence-electron chi connectivity index (χ1n) is 8.89. The maximum atomic E-state index is 12.9. The van der Waals surface area contributed by atoms with Crippen molar-refractivity contribution in [2.24, 2.45) is 0 Å². The van der Waals surface area contributed by atoms with Gasteiger partial charge >= 0.3 is 5.97 Å². The SMILES string of the molecule is C=CCOC(=O)C1=C(C)Nc2nc3ccccc3n2[C@@H]1c1cccc(C)c1. The summed E-state index contributed by atoms with van der Waals surface area (Å²) in [5.41, 5.74) is 5.33. The van der Waals surface area contributed by atoms with Crippen LogP contribution < -0.4 is 5.32 Å². The lowest BCUT2D eigenvalue weighted by Crippen LogP contribution is -2.29. The molecular weight excluding hydrogens is 338 g/mol. The number of rotatable bonds is 4. The van der Waals surface area contributed by atoms with E-state index in [-0.39, 0.29) is 18.6 Å². The molecule has 5 heteroatoms. The van der Waals surface area contributed by atoms with Crippen LogP contribution in [0.3, 0.4) is 0 Å². The molecule has 27 heavy (non-hydrogen) atoms. The Labute approximate surface area is 158 Å². The molecule has 0 bridgehead atoms. The standard InChI is InChI=1S/C22H21N3O2/c1-4-12-27-21(26)19-15(3)23-22-24-17-10-5-6-11-18(17)25(22)20(19)16-9-7-8-14(2)13-16/h4-11,13,20H,1,12H2,2-3H3,(H,23,24)/t20-/m1/s1. The lowest BCUT2D eigenvalue weighted by atomic mass is 9.94. The normalized spacial score (nSPS) is 16.0. The molecule has 2 heterocycles. The Balaban J connectivity index is 1.95. The van der Waals surface area contributed by atoms with E-state index >= 15 is 0 Å². The Morgan fingerprint density at radius 3 is 2.85 bits per heavy atom. The molecule has 0 aliphatic carbocycles. The Kier molecular flexibility index (Phi) is 4.28. The number of carbonyl (C=O) groups is 1. The average Bonchev–Trinajstić information content (AvgIpc) is 3.02. The third-order valence-electron chi connectivity index (χ3n) is 4.74. The van der Waals surface area contributed by atoms with Crippen LogP contribution in [0, 0.1) is 6.92 Å². The fourth-order valence-corrected chi connectivity index (χ4v) is 3.60. The van der Waals surface area contributed by atoms with Crippen LogP contribution in [-0.4, -0.2) is 22.1 Å². The largest absolute Gasteiger partial charge is 0.458 e. The van der Waals surface area contributed by atoms with Crippen molar-refractivity contribution in [1.82, 2.24) is 9.55 Å². The van der Waals surface area contributed by atoms with Crippen molar-refractivity contribution in [3.63, 3.8) is 0 Å². The van der Waals surface area contributed by atoms with Gasteiger partial charge in [0.2, 0.25) is 5.95 Å². The number of nitrogens with one attached hydrogen (secondary N) is 1. The molecule has 0 fully saturated rings. The van der Waals surface area contributed by atoms with Crippen LogP contribution in [0.25, 0.3) is 11.0 Å². The first-order valence-corrected chi connectivity index (χ1v) is 8.89. The number of aromatic nitrogens is 2. The third-order valence-corrected chi connectivity index (χ3v) is 4.74. The van der Waals surface area contributed by atoms with Gasteiger partial charge < -0.3 is 10.1 Å². The monoisotopic (exact) mass is 359 g/mol. The van der Waals surface area contributed by atoms with E-state index in [0.717, 1.165) is 33.8 Å². The highest BCUT2D eigenvalue weighted by Gasteiger charge is 2.34. The van der Waals surface area contributed by atoms with Crippen LogP contribution in [0.2, 0.25) is 0 Å². The van der Waals surface area contributed by atoms with Gasteiger partial charge in [0.05, 0.1) is 22.6 Å². The molecule has 5 nitrogen and oxygen atoms in total.